The topological polar surface area (TPSA) is 131 Å². The summed E-state index contributed by atoms with van der Waals surface area (Å²) < 4.78 is 59.5. The van der Waals surface area contributed by atoms with Crippen LogP contribution in [0.15, 0.2) is 37.1 Å². The van der Waals surface area contributed by atoms with Crippen LogP contribution in [-0.2, 0) is 52.2 Å². The lowest BCUT2D eigenvalue weighted by atomic mass is 10.3. The summed E-state index contributed by atoms with van der Waals surface area (Å²) in [5.41, 5.74) is 0.732. The maximum absolute atomic E-state index is 11.0. The molecule has 0 heterocycles. The third-order valence-electron chi connectivity index (χ3n) is 5.11. The first-order valence-electron chi connectivity index (χ1n) is 14.6. The van der Waals surface area contributed by atoms with Crippen molar-refractivity contribution in [1.29, 1.82) is 0 Å². The molecule has 1 rings (SSSR count). The van der Waals surface area contributed by atoms with Crippen molar-refractivity contribution < 1.29 is 56.9 Å². The molecule has 0 bridgehead atoms. The Morgan fingerprint density at radius 2 is 0.837 bits per heavy atom. The molecule has 1 N–H and O–H groups in total. The number of carbonyl (C=O) groups excluding carboxylic acids is 1. The van der Waals surface area contributed by atoms with E-state index in [1.165, 1.54) is 13.2 Å². The molecule has 0 saturated heterocycles. The summed E-state index contributed by atoms with van der Waals surface area (Å²) >= 11 is 0. The maximum atomic E-state index is 11.0. The third kappa shape index (κ3) is 28.2. The van der Waals surface area contributed by atoms with E-state index in [-0.39, 0.29) is 5.91 Å². The van der Waals surface area contributed by atoms with Crippen molar-refractivity contribution in [2.45, 2.75) is 6.92 Å². The van der Waals surface area contributed by atoms with Gasteiger partial charge in [0.25, 0.3) is 0 Å². The van der Waals surface area contributed by atoms with Crippen LogP contribution in [0, 0.1) is 0 Å². The SMILES string of the molecule is C=COCCOCCOCCOCCOCCOCCOCCOCCOCCOCCOc1ccc(NC(C)=O)cc1. The van der Waals surface area contributed by atoms with Gasteiger partial charge in [0.1, 0.15) is 19.0 Å². The highest BCUT2D eigenvalue weighted by Gasteiger charge is 1.99. The Morgan fingerprint density at radius 3 is 1.14 bits per heavy atom. The van der Waals surface area contributed by atoms with Gasteiger partial charge in [0.2, 0.25) is 5.91 Å². The first-order chi connectivity index (χ1) is 21.2. The van der Waals surface area contributed by atoms with Gasteiger partial charge in [-0.25, -0.2) is 0 Å². The number of rotatable bonds is 33. The van der Waals surface area contributed by atoms with E-state index in [0.717, 1.165) is 5.69 Å². The summed E-state index contributed by atoms with van der Waals surface area (Å²) in [7, 11) is 0. The summed E-state index contributed by atoms with van der Waals surface area (Å²) in [5, 5.41) is 2.71. The molecule has 13 heteroatoms. The highest BCUT2D eigenvalue weighted by molar-refractivity contribution is 5.88. The van der Waals surface area contributed by atoms with E-state index in [2.05, 4.69) is 11.9 Å². The lowest BCUT2D eigenvalue weighted by Gasteiger charge is -2.09. The fourth-order valence-electron chi connectivity index (χ4n) is 3.11. The molecular formula is C30H51NO12. The molecule has 0 atom stereocenters. The van der Waals surface area contributed by atoms with Crippen LogP contribution in [0.4, 0.5) is 5.69 Å². The van der Waals surface area contributed by atoms with E-state index in [1.54, 1.807) is 24.3 Å². The molecule has 1 aromatic rings. The van der Waals surface area contributed by atoms with Gasteiger partial charge in [-0.3, -0.25) is 4.79 Å². The minimum Gasteiger partial charge on any atom is -0.499 e. The first-order valence-corrected chi connectivity index (χ1v) is 14.6. The van der Waals surface area contributed by atoms with Gasteiger partial charge < -0.3 is 57.4 Å². The minimum atomic E-state index is -0.108. The maximum Gasteiger partial charge on any atom is 0.221 e. The van der Waals surface area contributed by atoms with Crippen LogP contribution in [0.5, 0.6) is 5.75 Å². The second-order valence-electron chi connectivity index (χ2n) is 8.60. The van der Waals surface area contributed by atoms with Crippen LogP contribution in [0.25, 0.3) is 0 Å². The van der Waals surface area contributed by atoms with Gasteiger partial charge in [0.15, 0.2) is 0 Å². The molecule has 0 spiro atoms. The van der Waals surface area contributed by atoms with E-state index in [9.17, 15) is 4.79 Å². The van der Waals surface area contributed by atoms with Crippen LogP contribution in [-0.4, -0.2) is 138 Å². The van der Waals surface area contributed by atoms with Crippen molar-refractivity contribution >= 4 is 11.6 Å². The van der Waals surface area contributed by atoms with Gasteiger partial charge in [-0.2, -0.15) is 0 Å². The van der Waals surface area contributed by atoms with Crippen molar-refractivity contribution in [2.75, 3.05) is 137 Å². The molecule has 0 radical (unpaired) electrons. The highest BCUT2D eigenvalue weighted by atomic mass is 16.6. The molecule has 13 nitrogen and oxygen atoms in total. The molecular weight excluding hydrogens is 566 g/mol. The zero-order chi connectivity index (χ0) is 30.9. The largest absolute Gasteiger partial charge is 0.499 e. The first kappa shape index (κ1) is 38.7. The molecule has 248 valence electrons. The van der Waals surface area contributed by atoms with E-state index in [0.29, 0.717) is 138 Å². The van der Waals surface area contributed by atoms with Crippen molar-refractivity contribution in [1.82, 2.24) is 0 Å². The minimum absolute atomic E-state index is 0.108. The predicted molar refractivity (Wildman–Crippen MR) is 160 cm³/mol. The number of anilines is 1. The Balaban J connectivity index is 1.67. The lowest BCUT2D eigenvalue weighted by Crippen LogP contribution is -2.15. The molecule has 0 aromatic heterocycles. The fourth-order valence-corrected chi connectivity index (χ4v) is 3.11. The third-order valence-corrected chi connectivity index (χ3v) is 5.11. The molecule has 0 aliphatic heterocycles. The molecule has 1 aromatic carbocycles. The quantitative estimate of drug-likeness (QED) is 0.0918. The van der Waals surface area contributed by atoms with E-state index in [4.69, 9.17) is 52.1 Å². The van der Waals surface area contributed by atoms with Gasteiger partial charge >= 0.3 is 0 Å². The standard InChI is InChI=1S/C30H51NO12/c1-3-33-8-9-34-10-11-35-12-13-36-14-15-37-16-17-38-18-19-39-20-21-40-22-23-41-24-25-42-26-27-43-30-6-4-29(5-7-30)31-28(2)32/h3-7H,1,8-27H2,2H3,(H,31,32). The van der Waals surface area contributed by atoms with Gasteiger partial charge in [0.05, 0.1) is 125 Å². The van der Waals surface area contributed by atoms with Gasteiger partial charge in [-0.1, -0.05) is 6.58 Å². The molecule has 1 amide bonds. The Hall–Kier alpha value is -2.33. The summed E-state index contributed by atoms with van der Waals surface area (Å²) in [6.07, 6.45) is 1.39. The van der Waals surface area contributed by atoms with Crippen molar-refractivity contribution in [3.05, 3.63) is 37.1 Å². The van der Waals surface area contributed by atoms with Crippen molar-refractivity contribution in [3.63, 3.8) is 0 Å². The van der Waals surface area contributed by atoms with Gasteiger partial charge in [0, 0.05) is 12.6 Å². The predicted octanol–water partition coefficient (Wildman–Crippen LogP) is 2.33. The van der Waals surface area contributed by atoms with E-state index < -0.39 is 0 Å². The van der Waals surface area contributed by atoms with Crippen molar-refractivity contribution in [3.8, 4) is 5.75 Å². The van der Waals surface area contributed by atoms with Crippen LogP contribution in [0.1, 0.15) is 6.92 Å². The fraction of sp³-hybridized carbons (Fsp3) is 0.700. The number of benzene rings is 1. The number of nitrogens with one attached hydrogen (secondary N) is 1. The lowest BCUT2D eigenvalue weighted by molar-refractivity contribution is -0.114. The number of hydrogen-bond acceptors (Lipinski definition) is 12. The Morgan fingerprint density at radius 1 is 0.535 bits per heavy atom. The van der Waals surface area contributed by atoms with Crippen LogP contribution < -0.4 is 10.1 Å². The second-order valence-corrected chi connectivity index (χ2v) is 8.60. The molecule has 0 unspecified atom stereocenters. The average molecular weight is 618 g/mol. The Bertz CT molecular complexity index is 753. The smallest absolute Gasteiger partial charge is 0.221 e. The van der Waals surface area contributed by atoms with Crippen LogP contribution >= 0.6 is 0 Å². The zero-order valence-corrected chi connectivity index (χ0v) is 25.6. The van der Waals surface area contributed by atoms with Crippen molar-refractivity contribution in [2.24, 2.45) is 0 Å². The second kappa shape index (κ2) is 31.1. The van der Waals surface area contributed by atoms with Gasteiger partial charge in [-0.05, 0) is 24.3 Å². The monoisotopic (exact) mass is 617 g/mol. The average Bonchev–Trinajstić information content (AvgIpc) is 3.00. The van der Waals surface area contributed by atoms with E-state index >= 15 is 0 Å². The number of ether oxygens (including phenoxy) is 11. The number of carbonyl (C=O) groups is 1. The molecule has 0 aliphatic rings. The molecule has 0 saturated carbocycles. The highest BCUT2D eigenvalue weighted by Crippen LogP contribution is 2.15. The summed E-state index contributed by atoms with van der Waals surface area (Å²) in [5.74, 6) is 0.609. The van der Waals surface area contributed by atoms with Gasteiger partial charge in [-0.15, -0.1) is 0 Å². The molecule has 0 fully saturated rings. The number of hydrogen-bond donors (Lipinski definition) is 1. The zero-order valence-electron chi connectivity index (χ0n) is 25.6. The molecule has 0 aliphatic carbocycles. The van der Waals surface area contributed by atoms with Crippen LogP contribution in [0.3, 0.4) is 0 Å². The summed E-state index contributed by atoms with van der Waals surface area (Å²) in [6.45, 7) is 14.9. The Labute approximate surface area is 255 Å². The summed E-state index contributed by atoms with van der Waals surface area (Å²) in [6, 6.07) is 7.17. The normalized spacial score (nSPS) is 11.0. The Kier molecular flexibility index (Phi) is 28.0. The van der Waals surface area contributed by atoms with Crippen LogP contribution in [0.2, 0.25) is 0 Å². The van der Waals surface area contributed by atoms with E-state index in [1.807, 2.05) is 0 Å². The summed E-state index contributed by atoms with van der Waals surface area (Å²) in [4.78, 5) is 11.0. The number of amides is 1. The molecule has 43 heavy (non-hydrogen) atoms.